The van der Waals surface area contributed by atoms with E-state index in [0.717, 1.165) is 13.1 Å². The third-order valence-electron chi connectivity index (χ3n) is 3.32. The molecule has 0 saturated heterocycles. The molecule has 1 rings (SSSR count). The van der Waals surface area contributed by atoms with Gasteiger partial charge in [0.15, 0.2) is 0 Å². The zero-order valence-electron chi connectivity index (χ0n) is 10.7. The molecule has 0 aromatic heterocycles. The molecule has 0 bridgehead atoms. The molecule has 1 amide bonds. The van der Waals surface area contributed by atoms with E-state index in [2.05, 4.69) is 17.1 Å². The summed E-state index contributed by atoms with van der Waals surface area (Å²) in [5, 5.41) is 3.07. The fourth-order valence-electron chi connectivity index (χ4n) is 2.49. The van der Waals surface area contributed by atoms with Gasteiger partial charge < -0.3 is 10.2 Å². The summed E-state index contributed by atoms with van der Waals surface area (Å²) >= 11 is 0. The van der Waals surface area contributed by atoms with Crippen molar-refractivity contribution >= 4 is 18.3 Å². The Morgan fingerprint density at radius 2 is 2.00 bits per heavy atom. The van der Waals surface area contributed by atoms with E-state index in [1.54, 1.807) is 0 Å². The van der Waals surface area contributed by atoms with Crippen molar-refractivity contribution in [1.82, 2.24) is 10.2 Å². The van der Waals surface area contributed by atoms with Gasteiger partial charge in [0.2, 0.25) is 5.91 Å². The minimum absolute atomic E-state index is 0. The molecule has 16 heavy (non-hydrogen) atoms. The maximum Gasteiger partial charge on any atom is 0.226 e. The number of halogens is 1. The van der Waals surface area contributed by atoms with Gasteiger partial charge in [0.05, 0.1) is 0 Å². The molecule has 0 heterocycles. The molecule has 1 N–H and O–H groups in total. The zero-order valence-corrected chi connectivity index (χ0v) is 11.5. The molecule has 0 spiro atoms. The summed E-state index contributed by atoms with van der Waals surface area (Å²) in [5.41, 5.74) is 0. The average molecular weight is 249 g/mol. The Kier molecular flexibility index (Phi) is 7.77. The Morgan fingerprint density at radius 3 is 2.44 bits per heavy atom. The summed E-state index contributed by atoms with van der Waals surface area (Å²) in [7, 11) is 1.90. The first-order valence-electron chi connectivity index (χ1n) is 6.15. The highest BCUT2D eigenvalue weighted by Gasteiger charge is 2.27. The second kappa shape index (κ2) is 7.91. The van der Waals surface area contributed by atoms with Gasteiger partial charge in [-0.3, -0.25) is 4.79 Å². The first kappa shape index (κ1) is 15.7. The van der Waals surface area contributed by atoms with E-state index in [1.807, 2.05) is 14.0 Å². The smallest absolute Gasteiger partial charge is 0.226 e. The number of carbonyl (C=O) groups excluding carboxylic acids is 1. The molecule has 1 saturated carbocycles. The molecule has 1 unspecified atom stereocenters. The number of rotatable bonds is 5. The first-order chi connectivity index (χ1) is 7.20. The van der Waals surface area contributed by atoms with Crippen LogP contribution in [0, 0.1) is 5.92 Å². The summed E-state index contributed by atoms with van der Waals surface area (Å²) < 4.78 is 0. The zero-order chi connectivity index (χ0) is 11.3. The number of carbonyl (C=O) groups is 1. The van der Waals surface area contributed by atoms with E-state index in [-0.39, 0.29) is 18.3 Å². The van der Waals surface area contributed by atoms with Crippen LogP contribution in [-0.4, -0.2) is 37.0 Å². The molecule has 1 aliphatic carbocycles. The van der Waals surface area contributed by atoms with Crippen LogP contribution >= 0.6 is 12.4 Å². The average Bonchev–Trinajstić information content (AvgIpc) is 2.72. The van der Waals surface area contributed by atoms with Gasteiger partial charge in [0.1, 0.15) is 0 Å². The molecule has 1 aliphatic rings. The molecule has 1 atom stereocenters. The maximum atomic E-state index is 12.1. The van der Waals surface area contributed by atoms with E-state index in [9.17, 15) is 4.79 Å². The van der Waals surface area contributed by atoms with E-state index in [4.69, 9.17) is 0 Å². The van der Waals surface area contributed by atoms with Gasteiger partial charge in [-0.1, -0.05) is 19.8 Å². The van der Waals surface area contributed by atoms with Crippen LogP contribution in [0.25, 0.3) is 0 Å². The lowest BCUT2D eigenvalue weighted by molar-refractivity contribution is -0.136. The standard InChI is InChI=1S/C12H24N2O.ClH/c1-4-14(11-7-5-6-8-11)12(15)10(2)9-13-3;/h10-11,13H,4-9H2,1-3H3;1H. The minimum Gasteiger partial charge on any atom is -0.340 e. The van der Waals surface area contributed by atoms with Crippen LogP contribution in [0.15, 0.2) is 0 Å². The Hall–Kier alpha value is -0.280. The highest BCUT2D eigenvalue weighted by molar-refractivity contribution is 5.85. The third-order valence-corrected chi connectivity index (χ3v) is 3.32. The van der Waals surface area contributed by atoms with E-state index >= 15 is 0 Å². The van der Waals surface area contributed by atoms with E-state index in [1.165, 1.54) is 25.7 Å². The van der Waals surface area contributed by atoms with Gasteiger partial charge in [-0.05, 0) is 26.8 Å². The topological polar surface area (TPSA) is 32.3 Å². The lowest BCUT2D eigenvalue weighted by atomic mass is 10.1. The minimum atomic E-state index is 0. The molecular weight excluding hydrogens is 224 g/mol. The lowest BCUT2D eigenvalue weighted by Crippen LogP contribution is -2.43. The fourth-order valence-corrected chi connectivity index (χ4v) is 2.49. The van der Waals surface area contributed by atoms with Crippen LogP contribution in [0.5, 0.6) is 0 Å². The molecule has 1 fully saturated rings. The predicted molar refractivity (Wildman–Crippen MR) is 70.0 cm³/mol. The predicted octanol–water partition coefficient (Wildman–Crippen LogP) is 2.05. The Morgan fingerprint density at radius 1 is 1.44 bits per heavy atom. The maximum absolute atomic E-state index is 12.1. The van der Waals surface area contributed by atoms with Crippen LogP contribution in [0.1, 0.15) is 39.5 Å². The van der Waals surface area contributed by atoms with Crippen LogP contribution in [0.4, 0.5) is 0 Å². The van der Waals surface area contributed by atoms with Crippen molar-refractivity contribution in [2.45, 2.75) is 45.6 Å². The lowest BCUT2D eigenvalue weighted by Gasteiger charge is -2.30. The van der Waals surface area contributed by atoms with E-state index in [0.29, 0.717) is 11.9 Å². The van der Waals surface area contributed by atoms with Crippen molar-refractivity contribution in [3.05, 3.63) is 0 Å². The SMILES string of the molecule is CCN(C(=O)C(C)CNC)C1CCCC1.Cl. The number of nitrogens with one attached hydrogen (secondary N) is 1. The monoisotopic (exact) mass is 248 g/mol. The first-order valence-corrected chi connectivity index (χ1v) is 6.15. The molecule has 3 nitrogen and oxygen atoms in total. The Labute approximate surface area is 105 Å². The highest BCUT2D eigenvalue weighted by atomic mass is 35.5. The van der Waals surface area contributed by atoms with Crippen molar-refractivity contribution in [2.75, 3.05) is 20.1 Å². The van der Waals surface area contributed by atoms with Gasteiger partial charge in [-0.15, -0.1) is 12.4 Å². The Bertz CT molecular complexity index is 205. The Balaban J connectivity index is 0.00000225. The summed E-state index contributed by atoms with van der Waals surface area (Å²) in [6.07, 6.45) is 4.97. The molecule has 0 aromatic rings. The molecule has 0 aliphatic heterocycles. The van der Waals surface area contributed by atoms with Crippen molar-refractivity contribution in [1.29, 1.82) is 0 Å². The quantitative estimate of drug-likeness (QED) is 0.808. The third kappa shape index (κ3) is 3.95. The van der Waals surface area contributed by atoms with Gasteiger partial charge in [0, 0.05) is 25.0 Å². The second-order valence-electron chi connectivity index (χ2n) is 4.52. The molecule has 0 radical (unpaired) electrons. The summed E-state index contributed by atoms with van der Waals surface area (Å²) in [6, 6.07) is 0.516. The molecule has 0 aromatic carbocycles. The number of nitrogens with zero attached hydrogens (tertiary/aromatic N) is 1. The summed E-state index contributed by atoms with van der Waals surface area (Å²) in [6.45, 7) is 5.73. The fraction of sp³-hybridized carbons (Fsp3) is 0.917. The van der Waals surface area contributed by atoms with Gasteiger partial charge >= 0.3 is 0 Å². The summed E-state index contributed by atoms with van der Waals surface area (Å²) in [4.78, 5) is 14.2. The largest absolute Gasteiger partial charge is 0.340 e. The number of hydrogen-bond donors (Lipinski definition) is 1. The second-order valence-corrected chi connectivity index (χ2v) is 4.52. The molecular formula is C12H25ClN2O. The van der Waals surface area contributed by atoms with Crippen molar-refractivity contribution in [3.63, 3.8) is 0 Å². The van der Waals surface area contributed by atoms with Gasteiger partial charge in [-0.2, -0.15) is 0 Å². The van der Waals surface area contributed by atoms with Crippen LogP contribution in [-0.2, 0) is 4.79 Å². The van der Waals surface area contributed by atoms with Crippen molar-refractivity contribution in [2.24, 2.45) is 5.92 Å². The summed E-state index contributed by atoms with van der Waals surface area (Å²) in [5.74, 6) is 0.425. The van der Waals surface area contributed by atoms with Crippen molar-refractivity contribution < 1.29 is 4.79 Å². The number of amides is 1. The van der Waals surface area contributed by atoms with Gasteiger partial charge in [0.25, 0.3) is 0 Å². The molecule has 4 heteroatoms. The van der Waals surface area contributed by atoms with Crippen molar-refractivity contribution in [3.8, 4) is 0 Å². The van der Waals surface area contributed by atoms with Crippen LogP contribution in [0.2, 0.25) is 0 Å². The van der Waals surface area contributed by atoms with Gasteiger partial charge in [-0.25, -0.2) is 0 Å². The number of hydrogen-bond acceptors (Lipinski definition) is 2. The van der Waals surface area contributed by atoms with Crippen LogP contribution in [0.3, 0.4) is 0 Å². The molecule has 96 valence electrons. The highest BCUT2D eigenvalue weighted by Crippen LogP contribution is 2.24. The normalized spacial score (nSPS) is 17.9. The van der Waals surface area contributed by atoms with Crippen LogP contribution < -0.4 is 5.32 Å². The van der Waals surface area contributed by atoms with E-state index < -0.39 is 0 Å².